The molecule has 0 aromatic carbocycles. The lowest BCUT2D eigenvalue weighted by molar-refractivity contribution is 0.291. The molecule has 9 nitrogen and oxygen atoms in total. The van der Waals surface area contributed by atoms with Crippen LogP contribution >= 0.6 is 11.8 Å². The summed E-state index contributed by atoms with van der Waals surface area (Å²) in [4.78, 5) is 18.9. The lowest BCUT2D eigenvalue weighted by atomic mass is 10.6. The molecule has 0 radical (unpaired) electrons. The fourth-order valence-electron chi connectivity index (χ4n) is 1.57. The molecule has 10 heteroatoms. The highest BCUT2D eigenvalue weighted by Gasteiger charge is 2.15. The van der Waals surface area contributed by atoms with Gasteiger partial charge in [-0.15, -0.1) is 0 Å². The van der Waals surface area contributed by atoms with Crippen molar-refractivity contribution in [2.45, 2.75) is 10.1 Å². The van der Waals surface area contributed by atoms with Crippen LogP contribution in [0.2, 0.25) is 0 Å². The van der Waals surface area contributed by atoms with E-state index < -0.39 is 0 Å². The Kier molecular flexibility index (Phi) is 2.81. The van der Waals surface area contributed by atoms with Crippen LogP contribution in [0.3, 0.4) is 0 Å². The molecule has 0 aliphatic heterocycles. The normalized spacial score (nSPS) is 11.1. The zero-order valence-corrected chi connectivity index (χ0v) is 10.5. The average molecular weight is 278 g/mol. The third-order valence-corrected chi connectivity index (χ3v) is 3.59. The van der Waals surface area contributed by atoms with Crippen molar-refractivity contribution in [3.8, 4) is 0 Å². The number of imidazole rings is 2. The van der Waals surface area contributed by atoms with Gasteiger partial charge in [0, 0.05) is 7.05 Å². The van der Waals surface area contributed by atoms with Gasteiger partial charge in [0.05, 0.1) is 12.7 Å². The molecule has 3 aromatic heterocycles. The number of aryl methyl sites for hydroxylation is 1. The summed E-state index contributed by atoms with van der Waals surface area (Å²) < 4.78 is 1.62. The number of fused-ring (bicyclic) bond motifs is 1. The van der Waals surface area contributed by atoms with Crippen molar-refractivity contribution >= 4 is 28.7 Å². The molecule has 0 unspecified atom stereocenters. The predicted molar refractivity (Wildman–Crippen MR) is 66.6 cm³/mol. The van der Waals surface area contributed by atoms with Gasteiger partial charge in [0.25, 0.3) is 0 Å². The summed E-state index contributed by atoms with van der Waals surface area (Å²) >= 11 is 1.19. The summed E-state index contributed by atoms with van der Waals surface area (Å²) in [6, 6.07) is 0. The molecular weight excluding hydrogens is 270 g/mol. The van der Waals surface area contributed by atoms with Crippen molar-refractivity contribution in [1.29, 1.82) is 0 Å². The van der Waals surface area contributed by atoms with Crippen LogP contribution in [-0.2, 0) is 7.05 Å². The van der Waals surface area contributed by atoms with E-state index in [1.165, 1.54) is 30.7 Å². The van der Waals surface area contributed by atoms with E-state index >= 15 is 0 Å². The van der Waals surface area contributed by atoms with E-state index in [1.807, 2.05) is 0 Å². The molecule has 19 heavy (non-hydrogen) atoms. The van der Waals surface area contributed by atoms with E-state index in [0.717, 1.165) is 0 Å². The lowest BCUT2D eigenvalue weighted by Crippen LogP contribution is -2.09. The summed E-state index contributed by atoms with van der Waals surface area (Å²) in [6.07, 6.45) is 4.33. The van der Waals surface area contributed by atoms with Crippen LogP contribution in [0.15, 0.2) is 29.0 Å². The molecule has 0 aliphatic rings. The maximum absolute atomic E-state index is 11.0. The molecule has 2 N–H and O–H groups in total. The first-order valence-electron chi connectivity index (χ1n) is 5.16. The number of aromatic nitrogens is 6. The van der Waals surface area contributed by atoms with Crippen molar-refractivity contribution in [2.75, 3.05) is 5.23 Å². The Hall–Kier alpha value is -2.17. The topological polar surface area (TPSA) is 119 Å². The quantitative estimate of drug-likeness (QED) is 0.536. The third kappa shape index (κ3) is 2.01. The maximum atomic E-state index is 11.0. The second-order valence-electron chi connectivity index (χ2n) is 3.64. The molecule has 0 atom stereocenters. The third-order valence-electron chi connectivity index (χ3n) is 2.43. The molecule has 0 spiro atoms. The van der Waals surface area contributed by atoms with Crippen LogP contribution in [0.4, 0.5) is 5.82 Å². The Morgan fingerprint density at radius 3 is 3.00 bits per heavy atom. The minimum atomic E-state index is -0.270. The first-order chi connectivity index (χ1) is 9.16. The Morgan fingerprint density at radius 1 is 1.37 bits per heavy atom. The Morgan fingerprint density at radius 2 is 2.21 bits per heavy atom. The van der Waals surface area contributed by atoms with Gasteiger partial charge in [-0.1, -0.05) is 0 Å². The first kappa shape index (κ1) is 11.9. The van der Waals surface area contributed by atoms with Crippen LogP contribution in [0.5, 0.6) is 0 Å². The van der Waals surface area contributed by atoms with Gasteiger partial charge in [0.15, 0.2) is 11.5 Å². The molecule has 3 rings (SSSR count). The van der Waals surface area contributed by atoms with Gasteiger partial charge in [-0.2, -0.15) is 0 Å². The van der Waals surface area contributed by atoms with Crippen LogP contribution in [0, 0.1) is 5.21 Å². The van der Waals surface area contributed by atoms with Crippen LogP contribution in [0.25, 0.3) is 11.2 Å². The number of hydrogen-bond donors (Lipinski definition) is 2. The molecule has 3 aromatic rings. The van der Waals surface area contributed by atoms with E-state index in [9.17, 15) is 5.21 Å². The second kappa shape index (κ2) is 4.50. The summed E-state index contributed by atoms with van der Waals surface area (Å²) in [6.45, 7) is 0. The highest BCUT2D eigenvalue weighted by atomic mass is 32.2. The molecule has 0 amide bonds. The zero-order chi connectivity index (χ0) is 13.4. The highest BCUT2D eigenvalue weighted by Crippen LogP contribution is 2.34. The standard InChI is InChI=1S/C9H8N7O2S/c1-15-4-14-7(16(17)18)9(15)19-8-5-6(11-2-10-5)12-3-13-8/h2-4,17H,1H3,(H,10,11,12,13)/q-1. The monoisotopic (exact) mass is 278 g/mol. The van der Waals surface area contributed by atoms with E-state index in [-0.39, 0.29) is 11.0 Å². The minimum absolute atomic E-state index is 0.0845. The lowest BCUT2D eigenvalue weighted by Gasteiger charge is -2.20. The fraction of sp³-hybridized carbons (Fsp3) is 0.111. The van der Waals surface area contributed by atoms with Gasteiger partial charge in [-0.05, 0) is 11.8 Å². The number of hydrogen-bond acceptors (Lipinski definition) is 8. The van der Waals surface area contributed by atoms with Crippen molar-refractivity contribution < 1.29 is 5.21 Å². The van der Waals surface area contributed by atoms with Crippen molar-refractivity contribution in [3.05, 3.63) is 24.2 Å². The number of H-pyrrole nitrogens is 1. The summed E-state index contributed by atoms with van der Waals surface area (Å²) in [5.41, 5.74) is 1.19. The fourth-order valence-corrected chi connectivity index (χ4v) is 2.52. The molecule has 0 saturated heterocycles. The van der Waals surface area contributed by atoms with Gasteiger partial charge in [0.2, 0.25) is 0 Å². The van der Waals surface area contributed by atoms with Crippen LogP contribution < -0.4 is 5.23 Å². The van der Waals surface area contributed by atoms with Crippen molar-refractivity contribution in [3.63, 3.8) is 0 Å². The largest absolute Gasteiger partial charge is 0.732 e. The molecule has 0 fully saturated rings. The Bertz CT molecular complexity index is 722. The minimum Gasteiger partial charge on any atom is -0.732 e. The van der Waals surface area contributed by atoms with Crippen molar-refractivity contribution in [2.24, 2.45) is 7.05 Å². The van der Waals surface area contributed by atoms with Crippen LogP contribution in [0.1, 0.15) is 0 Å². The van der Waals surface area contributed by atoms with Crippen LogP contribution in [-0.4, -0.2) is 34.7 Å². The number of aromatic amines is 1. The van der Waals surface area contributed by atoms with Gasteiger partial charge in [-0.25, -0.2) is 19.9 Å². The smallest absolute Gasteiger partial charge is 0.181 e. The van der Waals surface area contributed by atoms with Gasteiger partial charge in [0.1, 0.15) is 21.9 Å². The first-order valence-corrected chi connectivity index (χ1v) is 5.98. The maximum Gasteiger partial charge on any atom is 0.181 e. The summed E-state index contributed by atoms with van der Waals surface area (Å²) in [7, 11) is 1.72. The molecule has 3 heterocycles. The average Bonchev–Trinajstić information content (AvgIpc) is 2.97. The number of nitrogens with one attached hydrogen (secondary N) is 1. The highest BCUT2D eigenvalue weighted by molar-refractivity contribution is 7.99. The Labute approximate surface area is 110 Å². The summed E-state index contributed by atoms with van der Waals surface area (Å²) in [5.74, 6) is -0.0845. The second-order valence-corrected chi connectivity index (χ2v) is 4.62. The predicted octanol–water partition coefficient (Wildman–Crippen LogP) is 0.931. The molecule has 98 valence electrons. The molecular formula is C9H8N7O2S-. The van der Waals surface area contributed by atoms with Crippen molar-refractivity contribution in [1.82, 2.24) is 29.5 Å². The number of nitrogens with zero attached hydrogens (tertiary/aromatic N) is 6. The van der Waals surface area contributed by atoms with E-state index in [4.69, 9.17) is 5.21 Å². The van der Waals surface area contributed by atoms with E-state index in [0.29, 0.717) is 21.2 Å². The van der Waals surface area contributed by atoms with Gasteiger partial charge >= 0.3 is 0 Å². The Balaban J connectivity index is 2.06. The van der Waals surface area contributed by atoms with Gasteiger partial charge in [-0.3, -0.25) is 5.21 Å². The van der Waals surface area contributed by atoms with E-state index in [1.54, 1.807) is 11.6 Å². The molecule has 0 saturated carbocycles. The van der Waals surface area contributed by atoms with Gasteiger partial charge < -0.3 is 20.0 Å². The SMILES string of the molecule is Cn1cnc(N([O-])O)c1Sc1ncnc2nc[nH]c12. The molecule has 0 bridgehead atoms. The zero-order valence-electron chi connectivity index (χ0n) is 9.68. The summed E-state index contributed by atoms with van der Waals surface area (Å²) in [5, 5.41) is 20.8. The number of anilines is 1. The molecule has 0 aliphatic carbocycles. The number of rotatable bonds is 3. The van der Waals surface area contributed by atoms with E-state index in [2.05, 4.69) is 24.9 Å².